The highest BCUT2D eigenvalue weighted by Gasteiger charge is 2.36. The van der Waals surface area contributed by atoms with Gasteiger partial charge in [0.15, 0.2) is 5.69 Å². The Kier molecular flexibility index (Phi) is 5.58. The molecule has 3 rings (SSSR count). The molecule has 1 aliphatic rings. The van der Waals surface area contributed by atoms with Crippen molar-refractivity contribution < 1.29 is 23.9 Å². The highest BCUT2D eigenvalue weighted by atomic mass is 16.4. The van der Waals surface area contributed by atoms with Crippen LogP contribution in [0, 0.1) is 11.8 Å². The Balaban J connectivity index is 1.70. The van der Waals surface area contributed by atoms with Crippen LogP contribution in [0.15, 0.2) is 29.0 Å². The zero-order valence-corrected chi connectivity index (χ0v) is 15.0. The Morgan fingerprint density at radius 3 is 2.70 bits per heavy atom. The van der Waals surface area contributed by atoms with Crippen LogP contribution in [0.3, 0.4) is 0 Å². The summed E-state index contributed by atoms with van der Waals surface area (Å²) in [6.45, 7) is 0.194. The highest BCUT2D eigenvalue weighted by molar-refractivity contribution is 6.03. The molecule has 9 heteroatoms. The molecule has 2 atom stereocenters. The molecule has 2 amide bonds. The highest BCUT2D eigenvalue weighted by Crippen LogP contribution is 2.31. The number of carboxylic acids is 1. The molecule has 2 aromatic rings. The normalized spacial score (nSPS) is 19.4. The molecule has 2 heterocycles. The molecule has 1 fully saturated rings. The van der Waals surface area contributed by atoms with Crippen molar-refractivity contribution >= 4 is 23.5 Å². The lowest BCUT2D eigenvalue weighted by Crippen LogP contribution is -2.36. The van der Waals surface area contributed by atoms with E-state index in [-0.39, 0.29) is 17.9 Å². The largest absolute Gasteiger partial charge is 0.481 e. The van der Waals surface area contributed by atoms with Crippen molar-refractivity contribution in [2.45, 2.75) is 32.2 Å². The van der Waals surface area contributed by atoms with E-state index in [2.05, 4.69) is 15.7 Å². The van der Waals surface area contributed by atoms with Crippen LogP contribution < -0.4 is 10.6 Å². The summed E-state index contributed by atoms with van der Waals surface area (Å²) in [4.78, 5) is 36.5. The fourth-order valence-corrected chi connectivity index (χ4v) is 3.38. The number of carbonyl (C=O) groups excluding carboxylic acids is 2. The first-order valence-electron chi connectivity index (χ1n) is 8.83. The van der Waals surface area contributed by atoms with Gasteiger partial charge in [0.25, 0.3) is 5.91 Å². The van der Waals surface area contributed by atoms with Gasteiger partial charge in [-0.05, 0) is 25.0 Å². The Morgan fingerprint density at radius 1 is 1.30 bits per heavy atom. The summed E-state index contributed by atoms with van der Waals surface area (Å²) in [5.74, 6) is -2.54. The van der Waals surface area contributed by atoms with Gasteiger partial charge >= 0.3 is 5.97 Å². The molecule has 9 nitrogen and oxygen atoms in total. The van der Waals surface area contributed by atoms with E-state index in [1.807, 2.05) is 0 Å². The van der Waals surface area contributed by atoms with Gasteiger partial charge in [0, 0.05) is 13.2 Å². The lowest BCUT2D eigenvalue weighted by molar-refractivity contribution is -0.147. The second-order valence-electron chi connectivity index (χ2n) is 6.65. The zero-order chi connectivity index (χ0) is 19.4. The van der Waals surface area contributed by atoms with E-state index in [4.69, 9.17) is 4.42 Å². The van der Waals surface area contributed by atoms with Gasteiger partial charge in [-0.3, -0.25) is 19.1 Å². The SMILES string of the molecule is Cn1cc(NC(=O)[C@@H]2CCCC[C@@H]2C(=O)O)c(C(=O)NCc2ccco2)n1. The van der Waals surface area contributed by atoms with Gasteiger partial charge in [-0.2, -0.15) is 5.10 Å². The van der Waals surface area contributed by atoms with E-state index in [9.17, 15) is 19.5 Å². The lowest BCUT2D eigenvalue weighted by Gasteiger charge is -2.27. The smallest absolute Gasteiger partial charge is 0.307 e. The number of aliphatic carboxylic acids is 1. The van der Waals surface area contributed by atoms with Crippen LogP contribution in [0.1, 0.15) is 41.9 Å². The van der Waals surface area contributed by atoms with Gasteiger partial charge in [-0.1, -0.05) is 12.8 Å². The van der Waals surface area contributed by atoms with Crippen molar-refractivity contribution in [1.29, 1.82) is 0 Å². The number of furan rings is 1. The predicted molar refractivity (Wildman–Crippen MR) is 94.8 cm³/mol. The van der Waals surface area contributed by atoms with Crippen molar-refractivity contribution in [3.05, 3.63) is 36.0 Å². The second-order valence-corrected chi connectivity index (χ2v) is 6.65. The molecule has 0 unspecified atom stereocenters. The minimum Gasteiger partial charge on any atom is -0.481 e. The third kappa shape index (κ3) is 4.36. The van der Waals surface area contributed by atoms with Crippen LogP contribution in [0.2, 0.25) is 0 Å². The zero-order valence-electron chi connectivity index (χ0n) is 15.0. The molecule has 1 saturated carbocycles. The molecule has 0 saturated heterocycles. The summed E-state index contributed by atoms with van der Waals surface area (Å²) in [6, 6.07) is 3.45. The molecule has 27 heavy (non-hydrogen) atoms. The number of hydrogen-bond donors (Lipinski definition) is 3. The molecule has 3 N–H and O–H groups in total. The van der Waals surface area contributed by atoms with Crippen LogP contribution in [-0.2, 0) is 23.2 Å². The van der Waals surface area contributed by atoms with E-state index in [1.54, 1.807) is 19.2 Å². The Labute approximate surface area is 155 Å². The maximum absolute atomic E-state index is 12.7. The number of aromatic nitrogens is 2. The Morgan fingerprint density at radius 2 is 2.04 bits per heavy atom. The molecule has 0 aliphatic heterocycles. The maximum atomic E-state index is 12.7. The van der Waals surface area contributed by atoms with Gasteiger partial charge in [0.1, 0.15) is 5.76 Å². The summed E-state index contributed by atoms with van der Waals surface area (Å²) in [7, 11) is 1.64. The molecule has 0 bridgehead atoms. The molecular formula is C18H22N4O5. The minimum atomic E-state index is -0.961. The molecule has 144 valence electrons. The van der Waals surface area contributed by atoms with Crippen molar-refractivity contribution in [2.24, 2.45) is 18.9 Å². The number of hydrogen-bond acceptors (Lipinski definition) is 5. The van der Waals surface area contributed by atoms with Crippen molar-refractivity contribution in [3.8, 4) is 0 Å². The number of carboxylic acid groups (broad SMARTS) is 1. The third-order valence-electron chi connectivity index (χ3n) is 4.72. The number of anilines is 1. The molecular weight excluding hydrogens is 352 g/mol. The topological polar surface area (TPSA) is 126 Å². The molecule has 0 radical (unpaired) electrons. The second kappa shape index (κ2) is 8.07. The summed E-state index contributed by atoms with van der Waals surface area (Å²) < 4.78 is 6.59. The van der Waals surface area contributed by atoms with Crippen LogP contribution in [0.25, 0.3) is 0 Å². The molecule has 0 spiro atoms. The van der Waals surface area contributed by atoms with Gasteiger partial charge < -0.3 is 20.2 Å². The van der Waals surface area contributed by atoms with Gasteiger partial charge in [-0.25, -0.2) is 0 Å². The number of rotatable bonds is 6. The predicted octanol–water partition coefficient (Wildman–Crippen LogP) is 1.77. The summed E-state index contributed by atoms with van der Waals surface area (Å²) in [5.41, 5.74) is 0.328. The fraction of sp³-hybridized carbons (Fsp3) is 0.444. The Bertz CT molecular complexity index is 827. The number of aryl methyl sites for hydroxylation is 1. The maximum Gasteiger partial charge on any atom is 0.307 e. The number of amides is 2. The molecule has 1 aliphatic carbocycles. The van der Waals surface area contributed by atoms with E-state index >= 15 is 0 Å². The lowest BCUT2D eigenvalue weighted by atomic mass is 9.78. The average Bonchev–Trinajstić information content (AvgIpc) is 3.29. The van der Waals surface area contributed by atoms with Crippen LogP contribution in [-0.4, -0.2) is 32.7 Å². The molecule has 0 aromatic carbocycles. The minimum absolute atomic E-state index is 0.0695. The first kappa shape index (κ1) is 18.7. The van der Waals surface area contributed by atoms with Crippen LogP contribution in [0.5, 0.6) is 0 Å². The average molecular weight is 374 g/mol. The third-order valence-corrected chi connectivity index (χ3v) is 4.72. The van der Waals surface area contributed by atoms with Crippen molar-refractivity contribution in [2.75, 3.05) is 5.32 Å². The number of nitrogens with zero attached hydrogens (tertiary/aromatic N) is 2. The standard InChI is InChI=1S/C18H22N4O5/c1-22-10-14(15(21-22)17(24)19-9-11-5-4-8-27-11)20-16(23)12-6-2-3-7-13(12)18(25)26/h4-5,8,10,12-13H,2-3,6-7,9H2,1H3,(H,19,24)(H,20,23)(H,25,26)/t12-,13+/m1/s1. The van der Waals surface area contributed by atoms with Gasteiger partial charge in [0.2, 0.25) is 5.91 Å². The van der Waals surface area contributed by atoms with E-state index in [0.29, 0.717) is 18.6 Å². The first-order valence-corrected chi connectivity index (χ1v) is 8.83. The van der Waals surface area contributed by atoms with E-state index < -0.39 is 29.6 Å². The molecule has 2 aromatic heterocycles. The quantitative estimate of drug-likeness (QED) is 0.707. The number of nitrogens with one attached hydrogen (secondary N) is 2. The van der Waals surface area contributed by atoms with Crippen LogP contribution in [0.4, 0.5) is 5.69 Å². The van der Waals surface area contributed by atoms with Gasteiger partial charge in [-0.15, -0.1) is 0 Å². The monoisotopic (exact) mass is 374 g/mol. The van der Waals surface area contributed by atoms with E-state index in [1.165, 1.54) is 17.1 Å². The van der Waals surface area contributed by atoms with Crippen molar-refractivity contribution in [1.82, 2.24) is 15.1 Å². The first-order chi connectivity index (χ1) is 13.0. The van der Waals surface area contributed by atoms with E-state index in [0.717, 1.165) is 12.8 Å². The number of carbonyl (C=O) groups is 3. The van der Waals surface area contributed by atoms with Gasteiger partial charge in [0.05, 0.1) is 30.3 Å². The van der Waals surface area contributed by atoms with Crippen molar-refractivity contribution in [3.63, 3.8) is 0 Å². The fourth-order valence-electron chi connectivity index (χ4n) is 3.38. The summed E-state index contributed by atoms with van der Waals surface area (Å²) in [5, 5.41) is 18.8. The Hall–Kier alpha value is -3.10. The summed E-state index contributed by atoms with van der Waals surface area (Å²) >= 11 is 0. The van der Waals surface area contributed by atoms with Crippen LogP contribution >= 0.6 is 0 Å². The summed E-state index contributed by atoms with van der Waals surface area (Å²) in [6.07, 6.45) is 5.65.